The highest BCUT2D eigenvalue weighted by Gasteiger charge is 2.27. The second kappa shape index (κ2) is 2.50. The van der Waals surface area contributed by atoms with Crippen LogP contribution in [0.3, 0.4) is 0 Å². The van der Waals surface area contributed by atoms with E-state index in [0.29, 0.717) is 10.9 Å². The van der Waals surface area contributed by atoms with Crippen LogP contribution in [0.2, 0.25) is 0 Å². The van der Waals surface area contributed by atoms with Crippen molar-refractivity contribution in [2.24, 2.45) is 10.1 Å². The largest absolute Gasteiger partial charge is 0.271 e. The first kappa shape index (κ1) is 6.60. The molecule has 0 aromatic rings. The van der Waals surface area contributed by atoms with Crippen molar-refractivity contribution in [2.75, 3.05) is 5.75 Å². The molecule has 2 rings (SSSR count). The Labute approximate surface area is 67.7 Å². The molecule has 4 nitrogen and oxygen atoms in total. The van der Waals surface area contributed by atoms with E-state index in [4.69, 9.17) is 0 Å². The van der Waals surface area contributed by atoms with Crippen LogP contribution >= 0.6 is 11.8 Å². The van der Waals surface area contributed by atoms with Crippen molar-refractivity contribution in [1.82, 2.24) is 5.01 Å². The van der Waals surface area contributed by atoms with Crippen LogP contribution in [-0.2, 0) is 4.79 Å². The van der Waals surface area contributed by atoms with Gasteiger partial charge in [0.2, 0.25) is 0 Å². The zero-order valence-electron chi connectivity index (χ0n) is 5.60. The normalized spacial score (nSPS) is 21.6. The summed E-state index contributed by atoms with van der Waals surface area (Å²) in [6, 6.07) is 0. The zero-order valence-corrected chi connectivity index (χ0v) is 6.41. The van der Waals surface area contributed by atoms with Crippen molar-refractivity contribution in [3.63, 3.8) is 0 Å². The molecule has 1 saturated heterocycles. The number of amides is 1. The van der Waals surface area contributed by atoms with Gasteiger partial charge in [-0.3, -0.25) is 4.79 Å². The molecular formula is C6H5N3OS. The number of thioether (sulfide) groups is 1. The number of carbonyl (C=O) groups is 1. The van der Waals surface area contributed by atoms with Gasteiger partial charge in [0.1, 0.15) is 0 Å². The maximum Gasteiger partial charge on any atom is 0.259 e. The van der Waals surface area contributed by atoms with Crippen LogP contribution in [0.5, 0.6) is 0 Å². The topological polar surface area (TPSA) is 45.0 Å². The third kappa shape index (κ3) is 1.07. The molecule has 2 aliphatic rings. The Hall–Kier alpha value is -1.10. The van der Waals surface area contributed by atoms with E-state index in [1.165, 1.54) is 16.8 Å². The van der Waals surface area contributed by atoms with Gasteiger partial charge in [0.25, 0.3) is 5.91 Å². The number of hydrogen-bond donors (Lipinski definition) is 0. The molecule has 0 aromatic carbocycles. The first-order valence-electron chi connectivity index (χ1n) is 3.10. The molecule has 1 amide bonds. The summed E-state index contributed by atoms with van der Waals surface area (Å²) >= 11 is 1.41. The average Bonchev–Trinajstić information content (AvgIpc) is 2.25. The van der Waals surface area contributed by atoms with Crippen molar-refractivity contribution in [3.8, 4) is 0 Å². The van der Waals surface area contributed by atoms with Gasteiger partial charge in [-0.05, 0) is 6.08 Å². The van der Waals surface area contributed by atoms with Gasteiger partial charge >= 0.3 is 0 Å². The smallest absolute Gasteiger partial charge is 0.259 e. The van der Waals surface area contributed by atoms with E-state index < -0.39 is 0 Å². The quantitative estimate of drug-likeness (QED) is 0.525. The molecule has 0 bridgehead atoms. The highest BCUT2D eigenvalue weighted by atomic mass is 32.2. The van der Waals surface area contributed by atoms with E-state index in [2.05, 4.69) is 10.1 Å². The molecule has 5 heteroatoms. The Morgan fingerprint density at radius 3 is 3.45 bits per heavy atom. The number of carbonyl (C=O) groups excluding carboxylic acids is 1. The van der Waals surface area contributed by atoms with Gasteiger partial charge in [-0.1, -0.05) is 11.8 Å². The summed E-state index contributed by atoms with van der Waals surface area (Å²) < 4.78 is 0. The second-order valence-electron chi connectivity index (χ2n) is 2.01. The SMILES string of the molecule is O=C1CSC2=NC=CC=NN12. The lowest BCUT2D eigenvalue weighted by Gasteiger charge is -2.04. The molecule has 0 saturated carbocycles. The van der Waals surface area contributed by atoms with Crippen LogP contribution in [-0.4, -0.2) is 28.1 Å². The summed E-state index contributed by atoms with van der Waals surface area (Å²) in [6.45, 7) is 0. The summed E-state index contributed by atoms with van der Waals surface area (Å²) in [5.41, 5.74) is 0. The van der Waals surface area contributed by atoms with Crippen LogP contribution in [0.15, 0.2) is 22.4 Å². The molecule has 0 N–H and O–H groups in total. The molecule has 0 radical (unpaired) electrons. The van der Waals surface area contributed by atoms with Crippen LogP contribution in [0.4, 0.5) is 0 Å². The van der Waals surface area contributed by atoms with Gasteiger partial charge in [0.15, 0.2) is 5.17 Å². The Kier molecular flexibility index (Phi) is 1.50. The predicted octanol–water partition coefficient (Wildman–Crippen LogP) is 0.431. The third-order valence-corrected chi connectivity index (χ3v) is 2.21. The summed E-state index contributed by atoms with van der Waals surface area (Å²) in [4.78, 5) is 15.1. The number of nitrogens with zero attached hydrogens (tertiary/aromatic N) is 3. The molecule has 0 aliphatic carbocycles. The summed E-state index contributed by atoms with van der Waals surface area (Å²) in [6.07, 6.45) is 4.88. The van der Waals surface area contributed by atoms with E-state index in [1.54, 1.807) is 18.5 Å². The lowest BCUT2D eigenvalue weighted by Crippen LogP contribution is -2.22. The van der Waals surface area contributed by atoms with Crippen molar-refractivity contribution < 1.29 is 4.79 Å². The Bertz CT molecular complexity index is 282. The van der Waals surface area contributed by atoms with Crippen molar-refractivity contribution in [1.29, 1.82) is 0 Å². The number of hydrazone groups is 1. The minimum atomic E-state index is -0.00583. The predicted molar refractivity (Wildman–Crippen MR) is 44.4 cm³/mol. The lowest BCUT2D eigenvalue weighted by molar-refractivity contribution is -0.124. The van der Waals surface area contributed by atoms with E-state index >= 15 is 0 Å². The molecular weight excluding hydrogens is 162 g/mol. The fourth-order valence-corrected chi connectivity index (χ4v) is 1.59. The van der Waals surface area contributed by atoms with Gasteiger partial charge in [0.05, 0.1) is 5.75 Å². The summed E-state index contributed by atoms with van der Waals surface area (Å²) in [5.74, 6) is 0.443. The average molecular weight is 167 g/mol. The number of aliphatic imine (C=N–C) groups is 1. The van der Waals surface area contributed by atoms with E-state index in [1.807, 2.05) is 0 Å². The molecule has 0 aromatic heterocycles. The Balaban J connectivity index is 2.37. The van der Waals surface area contributed by atoms with E-state index in [-0.39, 0.29) is 5.91 Å². The standard InChI is InChI=1S/C6H5N3OS/c10-5-4-11-6-7-2-1-3-8-9(5)6/h1-3H,4H2. The van der Waals surface area contributed by atoms with Crippen LogP contribution < -0.4 is 0 Å². The number of amidine groups is 1. The van der Waals surface area contributed by atoms with Crippen molar-refractivity contribution >= 4 is 29.1 Å². The van der Waals surface area contributed by atoms with Gasteiger partial charge in [-0.2, -0.15) is 10.1 Å². The van der Waals surface area contributed by atoms with Gasteiger partial charge in [-0.25, -0.2) is 4.99 Å². The van der Waals surface area contributed by atoms with E-state index in [9.17, 15) is 4.79 Å². The highest BCUT2D eigenvalue weighted by Crippen LogP contribution is 2.20. The maximum atomic E-state index is 11.0. The molecule has 0 atom stereocenters. The van der Waals surface area contributed by atoms with Crippen LogP contribution in [0, 0.1) is 0 Å². The highest BCUT2D eigenvalue weighted by molar-refractivity contribution is 8.15. The first-order valence-corrected chi connectivity index (χ1v) is 4.09. The van der Waals surface area contributed by atoms with Gasteiger partial charge in [0, 0.05) is 12.4 Å². The molecule has 11 heavy (non-hydrogen) atoms. The molecule has 0 spiro atoms. The summed E-state index contributed by atoms with van der Waals surface area (Å²) in [7, 11) is 0. The molecule has 1 fully saturated rings. The second-order valence-corrected chi connectivity index (χ2v) is 2.95. The van der Waals surface area contributed by atoms with Crippen molar-refractivity contribution in [3.05, 3.63) is 12.3 Å². The molecule has 2 aliphatic heterocycles. The van der Waals surface area contributed by atoms with Gasteiger partial charge < -0.3 is 0 Å². The first-order chi connectivity index (χ1) is 5.38. The fraction of sp³-hybridized carbons (Fsp3) is 0.167. The number of fused-ring (bicyclic) bond motifs is 1. The third-order valence-electron chi connectivity index (χ3n) is 1.28. The van der Waals surface area contributed by atoms with Gasteiger partial charge in [-0.15, -0.1) is 0 Å². The zero-order chi connectivity index (χ0) is 7.68. The van der Waals surface area contributed by atoms with E-state index in [0.717, 1.165) is 0 Å². The Morgan fingerprint density at radius 1 is 1.64 bits per heavy atom. The van der Waals surface area contributed by atoms with Crippen molar-refractivity contribution in [2.45, 2.75) is 0 Å². The lowest BCUT2D eigenvalue weighted by atomic mass is 10.7. The number of allylic oxidation sites excluding steroid dienone is 1. The summed E-state index contributed by atoms with van der Waals surface area (Å²) in [5, 5.41) is 5.88. The monoisotopic (exact) mass is 167 g/mol. The molecule has 2 heterocycles. The fourth-order valence-electron chi connectivity index (χ4n) is 0.811. The maximum absolute atomic E-state index is 11.0. The Morgan fingerprint density at radius 2 is 2.55 bits per heavy atom. The number of rotatable bonds is 0. The molecule has 56 valence electrons. The minimum absolute atomic E-state index is 0.00583. The van der Waals surface area contributed by atoms with Crippen LogP contribution in [0.1, 0.15) is 0 Å². The molecule has 0 unspecified atom stereocenters. The number of hydrogen-bond acceptors (Lipinski definition) is 4. The minimum Gasteiger partial charge on any atom is -0.271 e. The van der Waals surface area contributed by atoms with Crippen LogP contribution in [0.25, 0.3) is 0 Å².